The van der Waals surface area contributed by atoms with E-state index < -0.39 is 0 Å². The van der Waals surface area contributed by atoms with E-state index in [2.05, 4.69) is 15.3 Å². The van der Waals surface area contributed by atoms with Gasteiger partial charge in [0.05, 0.1) is 25.5 Å². The Morgan fingerprint density at radius 2 is 2.38 bits per heavy atom. The third-order valence-corrected chi connectivity index (χ3v) is 4.62. The monoisotopic (exact) mass is 291 g/mol. The molecule has 1 N–H and O–H groups in total. The fourth-order valence-electron chi connectivity index (χ4n) is 3.40. The van der Waals surface area contributed by atoms with Crippen molar-refractivity contribution in [3.8, 4) is 0 Å². The molecular weight excluding hydrogens is 266 g/mol. The average molecular weight is 291 g/mol. The largest absolute Gasteiger partial charge is 0.385 e. The standard InChI is InChI=1S/C16H25N3O2/c1-20-7-5-12-3-2-4-14(12)17-10-16-18-9-13-11-21-8-6-15(13)19-16/h9,12,14,17H,2-8,10-11H2,1H3. The van der Waals surface area contributed by atoms with Crippen LogP contribution >= 0.6 is 0 Å². The quantitative estimate of drug-likeness (QED) is 0.867. The van der Waals surface area contributed by atoms with E-state index in [1.54, 1.807) is 7.11 Å². The van der Waals surface area contributed by atoms with Gasteiger partial charge >= 0.3 is 0 Å². The van der Waals surface area contributed by atoms with E-state index in [0.29, 0.717) is 12.6 Å². The molecular formula is C16H25N3O2. The Hall–Kier alpha value is -1.04. The van der Waals surface area contributed by atoms with Crippen molar-refractivity contribution < 1.29 is 9.47 Å². The Morgan fingerprint density at radius 1 is 1.43 bits per heavy atom. The Kier molecular flexibility index (Phi) is 5.17. The van der Waals surface area contributed by atoms with Gasteiger partial charge in [-0.3, -0.25) is 0 Å². The first kappa shape index (κ1) is 14.9. The molecule has 0 amide bonds. The van der Waals surface area contributed by atoms with Gasteiger partial charge in [0, 0.05) is 37.9 Å². The maximum absolute atomic E-state index is 5.42. The molecule has 0 spiro atoms. The van der Waals surface area contributed by atoms with Crippen molar-refractivity contribution in [2.24, 2.45) is 5.92 Å². The summed E-state index contributed by atoms with van der Waals surface area (Å²) in [4.78, 5) is 9.15. The molecule has 1 saturated carbocycles. The lowest BCUT2D eigenvalue weighted by atomic mass is 10.00. The van der Waals surface area contributed by atoms with Crippen LogP contribution in [0.15, 0.2) is 6.20 Å². The summed E-state index contributed by atoms with van der Waals surface area (Å²) in [5.74, 6) is 1.64. The topological polar surface area (TPSA) is 56.3 Å². The minimum atomic E-state index is 0.586. The molecule has 2 aliphatic rings. The van der Waals surface area contributed by atoms with Gasteiger partial charge in [-0.15, -0.1) is 0 Å². The van der Waals surface area contributed by atoms with Crippen molar-refractivity contribution in [2.75, 3.05) is 20.3 Å². The van der Waals surface area contributed by atoms with Gasteiger partial charge < -0.3 is 14.8 Å². The van der Waals surface area contributed by atoms with E-state index in [4.69, 9.17) is 9.47 Å². The Labute approximate surface area is 126 Å². The van der Waals surface area contributed by atoms with Gasteiger partial charge in [0.2, 0.25) is 0 Å². The van der Waals surface area contributed by atoms with Crippen molar-refractivity contribution in [2.45, 2.75) is 51.3 Å². The second kappa shape index (κ2) is 7.29. The van der Waals surface area contributed by atoms with E-state index >= 15 is 0 Å². The van der Waals surface area contributed by atoms with E-state index in [1.165, 1.54) is 19.3 Å². The number of nitrogens with zero attached hydrogens (tertiary/aromatic N) is 2. The molecule has 0 radical (unpaired) electrons. The van der Waals surface area contributed by atoms with Crippen LogP contribution < -0.4 is 5.32 Å². The summed E-state index contributed by atoms with van der Waals surface area (Å²) in [5.41, 5.74) is 2.30. The summed E-state index contributed by atoms with van der Waals surface area (Å²) in [5, 5.41) is 3.65. The number of methoxy groups -OCH3 is 1. The number of hydrogen-bond acceptors (Lipinski definition) is 5. The van der Waals surface area contributed by atoms with Crippen molar-refractivity contribution in [3.63, 3.8) is 0 Å². The highest BCUT2D eigenvalue weighted by atomic mass is 16.5. The second-order valence-electron chi connectivity index (χ2n) is 6.02. The summed E-state index contributed by atoms with van der Waals surface area (Å²) in [6, 6.07) is 0.586. The van der Waals surface area contributed by atoms with Crippen LogP contribution in [0.2, 0.25) is 0 Å². The molecule has 1 aromatic heterocycles. The highest BCUT2D eigenvalue weighted by Crippen LogP contribution is 2.28. The van der Waals surface area contributed by atoms with Crippen LogP contribution in [0, 0.1) is 5.92 Å². The van der Waals surface area contributed by atoms with Crippen molar-refractivity contribution in [1.29, 1.82) is 0 Å². The summed E-state index contributed by atoms with van der Waals surface area (Å²) < 4.78 is 10.6. The van der Waals surface area contributed by atoms with E-state index in [-0.39, 0.29) is 0 Å². The molecule has 116 valence electrons. The van der Waals surface area contributed by atoms with Gasteiger partial charge in [-0.25, -0.2) is 9.97 Å². The third kappa shape index (κ3) is 3.78. The summed E-state index contributed by atoms with van der Waals surface area (Å²) in [7, 11) is 1.78. The van der Waals surface area contributed by atoms with Gasteiger partial charge in [0.1, 0.15) is 5.82 Å². The molecule has 2 heterocycles. The number of fused-ring (bicyclic) bond motifs is 1. The highest BCUT2D eigenvalue weighted by molar-refractivity contribution is 5.18. The molecule has 0 saturated heterocycles. The molecule has 2 unspecified atom stereocenters. The molecule has 1 aliphatic carbocycles. The maximum atomic E-state index is 5.42. The second-order valence-corrected chi connectivity index (χ2v) is 6.02. The third-order valence-electron chi connectivity index (χ3n) is 4.62. The predicted octanol–water partition coefficient (Wildman–Crippen LogP) is 1.84. The lowest BCUT2D eigenvalue weighted by Gasteiger charge is -2.21. The minimum absolute atomic E-state index is 0.586. The first-order chi connectivity index (χ1) is 10.4. The van der Waals surface area contributed by atoms with Gasteiger partial charge in [-0.1, -0.05) is 6.42 Å². The van der Waals surface area contributed by atoms with Crippen LogP contribution in [-0.2, 0) is 29.0 Å². The fraction of sp³-hybridized carbons (Fsp3) is 0.750. The van der Waals surface area contributed by atoms with Crippen molar-refractivity contribution in [1.82, 2.24) is 15.3 Å². The molecule has 2 atom stereocenters. The zero-order chi connectivity index (χ0) is 14.5. The zero-order valence-corrected chi connectivity index (χ0v) is 12.8. The van der Waals surface area contributed by atoms with Gasteiger partial charge in [0.15, 0.2) is 0 Å². The summed E-state index contributed by atoms with van der Waals surface area (Å²) >= 11 is 0. The molecule has 5 nitrogen and oxygen atoms in total. The maximum Gasteiger partial charge on any atom is 0.142 e. The van der Waals surface area contributed by atoms with E-state index in [9.17, 15) is 0 Å². The lowest BCUT2D eigenvalue weighted by molar-refractivity contribution is 0.108. The summed E-state index contributed by atoms with van der Waals surface area (Å²) in [6.45, 7) is 3.06. The number of aromatic nitrogens is 2. The molecule has 0 bridgehead atoms. The van der Waals surface area contributed by atoms with Crippen LogP contribution in [0.25, 0.3) is 0 Å². The Bertz CT molecular complexity index is 467. The average Bonchev–Trinajstić information content (AvgIpc) is 2.98. The SMILES string of the molecule is COCCC1CCCC1NCc1ncc2c(n1)CCOC2. The molecule has 21 heavy (non-hydrogen) atoms. The van der Waals surface area contributed by atoms with Crippen LogP contribution in [0.4, 0.5) is 0 Å². The van der Waals surface area contributed by atoms with Crippen molar-refractivity contribution in [3.05, 3.63) is 23.3 Å². The first-order valence-electron chi connectivity index (χ1n) is 8.00. The molecule has 3 rings (SSSR count). The van der Waals surface area contributed by atoms with Crippen LogP contribution in [0.5, 0.6) is 0 Å². The zero-order valence-electron chi connectivity index (χ0n) is 12.8. The predicted molar refractivity (Wildman–Crippen MR) is 79.9 cm³/mol. The van der Waals surface area contributed by atoms with Crippen LogP contribution in [-0.4, -0.2) is 36.3 Å². The number of ether oxygens (including phenoxy) is 2. The number of nitrogens with one attached hydrogen (secondary N) is 1. The first-order valence-corrected chi connectivity index (χ1v) is 8.00. The highest BCUT2D eigenvalue weighted by Gasteiger charge is 2.26. The smallest absolute Gasteiger partial charge is 0.142 e. The molecule has 1 aliphatic heterocycles. The van der Waals surface area contributed by atoms with E-state index in [1.807, 2.05) is 6.20 Å². The van der Waals surface area contributed by atoms with Crippen LogP contribution in [0.3, 0.4) is 0 Å². The van der Waals surface area contributed by atoms with Gasteiger partial charge in [-0.2, -0.15) is 0 Å². The minimum Gasteiger partial charge on any atom is -0.385 e. The molecule has 5 heteroatoms. The van der Waals surface area contributed by atoms with Gasteiger partial charge in [-0.05, 0) is 25.2 Å². The molecule has 1 fully saturated rings. The fourth-order valence-corrected chi connectivity index (χ4v) is 3.40. The normalized spacial score (nSPS) is 25.0. The van der Waals surface area contributed by atoms with Crippen LogP contribution in [0.1, 0.15) is 42.8 Å². The Morgan fingerprint density at radius 3 is 3.29 bits per heavy atom. The number of hydrogen-bond donors (Lipinski definition) is 1. The molecule has 1 aromatic rings. The lowest BCUT2D eigenvalue weighted by Crippen LogP contribution is -2.33. The Balaban J connectivity index is 1.54. The van der Waals surface area contributed by atoms with E-state index in [0.717, 1.165) is 55.6 Å². The number of rotatable bonds is 6. The summed E-state index contributed by atoms with van der Waals surface area (Å²) in [6.07, 6.45) is 7.86. The molecule has 0 aromatic carbocycles. The van der Waals surface area contributed by atoms with Gasteiger partial charge in [0.25, 0.3) is 0 Å². The van der Waals surface area contributed by atoms with Crippen molar-refractivity contribution >= 4 is 0 Å².